The molecule has 0 spiro atoms. The molecule has 0 atom stereocenters. The van der Waals surface area contributed by atoms with E-state index in [1.54, 1.807) is 6.07 Å². The number of hydrogen-bond donors (Lipinski definition) is 0. The molecule has 0 saturated heterocycles. The van der Waals surface area contributed by atoms with E-state index >= 15 is 0 Å². The third-order valence-corrected chi connectivity index (χ3v) is 5.21. The Bertz CT molecular complexity index is 882. The lowest BCUT2D eigenvalue weighted by molar-refractivity contribution is 0.594. The van der Waals surface area contributed by atoms with Gasteiger partial charge in [0.05, 0.1) is 8.27 Å². The first-order valence-corrected chi connectivity index (χ1v) is 8.52. The average Bonchev–Trinajstić information content (AvgIpc) is 2.87. The first-order valence-electron chi connectivity index (χ1n) is 6.56. The van der Waals surface area contributed by atoms with Gasteiger partial charge in [-0.25, -0.2) is 4.39 Å². The topological polar surface area (TPSA) is 22.0 Å². The summed E-state index contributed by atoms with van der Waals surface area (Å²) in [6.45, 7) is 4.13. The Hall–Kier alpha value is -1.21. The smallest absolute Gasteiger partial charge is 0.202 e. The molecule has 1 aromatic carbocycles. The number of hydrogen-bond acceptors (Lipinski definition) is 2. The van der Waals surface area contributed by atoms with E-state index < -0.39 is 0 Å². The largest absolute Gasteiger partial charge is 0.350 e. The van der Waals surface area contributed by atoms with Gasteiger partial charge >= 0.3 is 0 Å². The lowest BCUT2D eigenvalue weighted by Gasteiger charge is -2.13. The van der Waals surface area contributed by atoms with Crippen LogP contribution in [-0.2, 0) is 0 Å². The highest BCUT2D eigenvalue weighted by atomic mass is 127. The number of fused-ring (bicyclic) bond motifs is 1. The quantitative estimate of drug-likeness (QED) is 0.539. The van der Waals surface area contributed by atoms with Crippen LogP contribution < -0.4 is 5.43 Å². The molecule has 2 aromatic heterocycles. The van der Waals surface area contributed by atoms with Gasteiger partial charge in [-0.05, 0) is 42.5 Å². The maximum atomic E-state index is 13.8. The number of thiophene rings is 1. The molecule has 0 aliphatic carbocycles. The number of benzene rings is 1. The molecule has 21 heavy (non-hydrogen) atoms. The Balaban J connectivity index is 2.33. The fourth-order valence-electron chi connectivity index (χ4n) is 2.28. The van der Waals surface area contributed by atoms with Gasteiger partial charge < -0.3 is 4.57 Å². The first kappa shape index (κ1) is 14.7. The fraction of sp³-hybridized carbons (Fsp3) is 0.188. The summed E-state index contributed by atoms with van der Waals surface area (Å²) in [6.07, 6.45) is 3.72. The van der Waals surface area contributed by atoms with Crippen LogP contribution in [-0.4, -0.2) is 4.57 Å². The number of rotatable bonds is 2. The van der Waals surface area contributed by atoms with Crippen LogP contribution >= 0.6 is 33.9 Å². The summed E-state index contributed by atoms with van der Waals surface area (Å²) in [6, 6.07) is 5.26. The van der Waals surface area contributed by atoms with E-state index in [0.29, 0.717) is 13.8 Å². The second-order valence-electron chi connectivity index (χ2n) is 5.16. The summed E-state index contributed by atoms with van der Waals surface area (Å²) in [5.74, 6) is -0.237. The number of pyridine rings is 1. The van der Waals surface area contributed by atoms with Gasteiger partial charge in [0.15, 0.2) is 0 Å². The summed E-state index contributed by atoms with van der Waals surface area (Å²) in [7, 11) is 0. The van der Waals surface area contributed by atoms with Crippen molar-refractivity contribution in [1.82, 2.24) is 4.57 Å². The lowest BCUT2D eigenvalue weighted by atomic mass is 10.1. The van der Waals surface area contributed by atoms with Crippen molar-refractivity contribution in [2.45, 2.75) is 19.9 Å². The highest BCUT2D eigenvalue weighted by Gasteiger charge is 2.15. The molecule has 3 rings (SSSR count). The van der Waals surface area contributed by atoms with Crippen molar-refractivity contribution in [1.29, 1.82) is 0 Å². The molecule has 0 aliphatic rings. The SMILES string of the molecule is CC(C)n1cc(I)c(=O)c(-c2csc3c(F)cccc23)c1. The zero-order chi connectivity index (χ0) is 15.1. The van der Waals surface area contributed by atoms with E-state index in [-0.39, 0.29) is 17.3 Å². The summed E-state index contributed by atoms with van der Waals surface area (Å²) in [5.41, 5.74) is 1.44. The van der Waals surface area contributed by atoms with Crippen molar-refractivity contribution < 1.29 is 4.39 Å². The molecule has 0 aliphatic heterocycles. The Morgan fingerprint density at radius 3 is 2.71 bits per heavy atom. The minimum absolute atomic E-state index is 0.00328. The van der Waals surface area contributed by atoms with Crippen LogP contribution in [0.4, 0.5) is 4.39 Å². The Kier molecular flexibility index (Phi) is 3.88. The van der Waals surface area contributed by atoms with Crippen LogP contribution in [0.3, 0.4) is 0 Å². The van der Waals surface area contributed by atoms with Gasteiger partial charge in [0.1, 0.15) is 5.82 Å². The molecular weight excluding hydrogens is 400 g/mol. The van der Waals surface area contributed by atoms with Gasteiger partial charge in [-0.3, -0.25) is 4.79 Å². The van der Waals surface area contributed by atoms with Gasteiger partial charge in [-0.1, -0.05) is 12.1 Å². The number of aromatic nitrogens is 1. The lowest BCUT2D eigenvalue weighted by Crippen LogP contribution is -2.14. The molecule has 0 fully saturated rings. The summed E-state index contributed by atoms with van der Waals surface area (Å²) in [4.78, 5) is 12.5. The van der Waals surface area contributed by atoms with E-state index in [1.165, 1.54) is 17.4 Å². The highest BCUT2D eigenvalue weighted by Crippen LogP contribution is 2.34. The molecule has 5 heteroatoms. The van der Waals surface area contributed by atoms with E-state index in [9.17, 15) is 9.18 Å². The van der Waals surface area contributed by atoms with Crippen LogP contribution in [0.5, 0.6) is 0 Å². The molecule has 2 heterocycles. The van der Waals surface area contributed by atoms with Gasteiger partial charge in [0.25, 0.3) is 0 Å². The van der Waals surface area contributed by atoms with Crippen LogP contribution in [0.2, 0.25) is 0 Å². The minimum Gasteiger partial charge on any atom is -0.350 e. The van der Waals surface area contributed by atoms with Crippen LogP contribution in [0.25, 0.3) is 21.2 Å². The van der Waals surface area contributed by atoms with Gasteiger partial charge in [-0.15, -0.1) is 11.3 Å². The van der Waals surface area contributed by atoms with Gasteiger partial charge in [0.2, 0.25) is 5.43 Å². The first-order chi connectivity index (χ1) is 9.99. The average molecular weight is 413 g/mol. The normalized spacial score (nSPS) is 11.5. The molecule has 3 aromatic rings. The third kappa shape index (κ3) is 2.53. The summed E-state index contributed by atoms with van der Waals surface area (Å²) < 4.78 is 17.1. The van der Waals surface area contributed by atoms with Crippen molar-refractivity contribution >= 4 is 44.0 Å². The maximum Gasteiger partial charge on any atom is 0.202 e. The Labute approximate surface area is 139 Å². The Morgan fingerprint density at radius 1 is 1.24 bits per heavy atom. The second kappa shape index (κ2) is 5.53. The van der Waals surface area contributed by atoms with Crippen LogP contribution in [0, 0.1) is 9.39 Å². The Morgan fingerprint density at radius 2 is 2.00 bits per heavy atom. The second-order valence-corrected chi connectivity index (χ2v) is 7.20. The number of nitrogens with zero attached hydrogens (tertiary/aromatic N) is 1. The van der Waals surface area contributed by atoms with Crippen LogP contribution in [0.15, 0.2) is 40.8 Å². The number of halogens is 2. The highest BCUT2D eigenvalue weighted by molar-refractivity contribution is 14.1. The van der Waals surface area contributed by atoms with Crippen LogP contribution in [0.1, 0.15) is 19.9 Å². The van der Waals surface area contributed by atoms with Crippen molar-refractivity contribution in [2.24, 2.45) is 0 Å². The van der Waals surface area contributed by atoms with Crippen molar-refractivity contribution in [2.75, 3.05) is 0 Å². The molecule has 2 nitrogen and oxygen atoms in total. The maximum absolute atomic E-state index is 13.8. The molecular formula is C16H13FINOS. The molecule has 0 amide bonds. The zero-order valence-corrected chi connectivity index (χ0v) is 14.5. The van der Waals surface area contributed by atoms with Gasteiger partial charge in [-0.2, -0.15) is 0 Å². The zero-order valence-electron chi connectivity index (χ0n) is 11.6. The van der Waals surface area contributed by atoms with E-state index in [0.717, 1.165) is 10.9 Å². The minimum atomic E-state index is -0.237. The molecule has 0 N–H and O–H groups in total. The molecule has 0 bridgehead atoms. The molecule has 0 saturated carbocycles. The standard InChI is InChI=1S/C16H13FINOS/c1-9(2)19-6-11(15(20)14(18)7-19)12-8-21-16-10(12)4-3-5-13(16)17/h3-9H,1-2H3. The predicted molar refractivity (Wildman–Crippen MR) is 94.6 cm³/mol. The van der Waals surface area contributed by atoms with Crippen molar-refractivity contribution in [3.63, 3.8) is 0 Å². The van der Waals surface area contributed by atoms with Gasteiger partial charge in [0, 0.05) is 40.3 Å². The summed E-state index contributed by atoms with van der Waals surface area (Å²) in [5, 5.41) is 2.67. The van der Waals surface area contributed by atoms with E-state index in [4.69, 9.17) is 0 Å². The predicted octanol–water partition coefficient (Wildman–Crippen LogP) is 5.05. The molecule has 0 unspecified atom stereocenters. The monoisotopic (exact) mass is 413 g/mol. The third-order valence-electron chi connectivity index (χ3n) is 3.44. The molecule has 0 radical (unpaired) electrons. The fourth-order valence-corrected chi connectivity index (χ4v) is 3.87. The molecule has 108 valence electrons. The summed E-state index contributed by atoms with van der Waals surface area (Å²) >= 11 is 3.40. The van der Waals surface area contributed by atoms with E-state index in [2.05, 4.69) is 36.4 Å². The van der Waals surface area contributed by atoms with Crippen molar-refractivity contribution in [3.8, 4) is 11.1 Å². The van der Waals surface area contributed by atoms with Crippen molar-refractivity contribution in [3.05, 3.63) is 55.6 Å². The van der Waals surface area contributed by atoms with E-state index in [1.807, 2.05) is 28.4 Å².